The SMILES string of the molecule is N#CC1=C(N)C(C#N)(C#N)[C@H](c2cccnc2)[C@H]2CN(Cc3ccccc3)CC=C12. The largest absolute Gasteiger partial charge is 0.399 e. The van der Waals surface area contributed by atoms with Gasteiger partial charge in [-0.25, -0.2) is 0 Å². The summed E-state index contributed by atoms with van der Waals surface area (Å²) in [6.07, 6.45) is 5.36. The molecule has 0 amide bonds. The van der Waals surface area contributed by atoms with E-state index < -0.39 is 11.3 Å². The Labute approximate surface area is 175 Å². The monoisotopic (exact) mass is 392 g/mol. The van der Waals surface area contributed by atoms with Crippen LogP contribution in [0.3, 0.4) is 0 Å². The van der Waals surface area contributed by atoms with Crippen LogP contribution in [0.25, 0.3) is 0 Å². The molecule has 2 heterocycles. The van der Waals surface area contributed by atoms with Crippen molar-refractivity contribution in [1.29, 1.82) is 15.8 Å². The average Bonchev–Trinajstić information content (AvgIpc) is 2.80. The maximum absolute atomic E-state index is 10.1. The summed E-state index contributed by atoms with van der Waals surface area (Å²) in [6, 6.07) is 20.3. The van der Waals surface area contributed by atoms with Crippen molar-refractivity contribution in [2.75, 3.05) is 13.1 Å². The van der Waals surface area contributed by atoms with Crippen molar-refractivity contribution >= 4 is 0 Å². The number of benzene rings is 1. The second kappa shape index (κ2) is 7.84. The first-order valence-electron chi connectivity index (χ1n) is 9.74. The highest BCUT2D eigenvalue weighted by Gasteiger charge is 2.54. The first-order valence-corrected chi connectivity index (χ1v) is 9.74. The quantitative estimate of drug-likeness (QED) is 0.859. The lowest BCUT2D eigenvalue weighted by Gasteiger charge is -2.45. The molecule has 1 aliphatic heterocycles. The van der Waals surface area contributed by atoms with Crippen molar-refractivity contribution in [3.63, 3.8) is 0 Å². The van der Waals surface area contributed by atoms with Crippen molar-refractivity contribution < 1.29 is 0 Å². The van der Waals surface area contributed by atoms with Gasteiger partial charge < -0.3 is 5.73 Å². The molecule has 0 saturated carbocycles. The molecule has 1 aliphatic carbocycles. The Kier molecular flexibility index (Phi) is 5.07. The zero-order valence-electron chi connectivity index (χ0n) is 16.4. The number of allylic oxidation sites excluding steroid dienone is 2. The number of nitrogens with zero attached hydrogens (tertiary/aromatic N) is 5. The predicted molar refractivity (Wildman–Crippen MR) is 111 cm³/mol. The van der Waals surface area contributed by atoms with Gasteiger partial charge in [0.2, 0.25) is 0 Å². The average molecular weight is 392 g/mol. The molecule has 6 heteroatoms. The molecule has 146 valence electrons. The molecule has 6 nitrogen and oxygen atoms in total. The van der Waals surface area contributed by atoms with Crippen LogP contribution in [0.2, 0.25) is 0 Å². The summed E-state index contributed by atoms with van der Waals surface area (Å²) in [6.45, 7) is 2.03. The molecular formula is C24H20N6. The third kappa shape index (κ3) is 3.03. The number of fused-ring (bicyclic) bond motifs is 1. The minimum atomic E-state index is -1.62. The Morgan fingerprint density at radius 1 is 1.10 bits per heavy atom. The van der Waals surface area contributed by atoms with Gasteiger partial charge in [-0.05, 0) is 22.8 Å². The summed E-state index contributed by atoms with van der Waals surface area (Å²) < 4.78 is 0. The molecule has 2 aliphatic rings. The van der Waals surface area contributed by atoms with Crippen LogP contribution in [0, 0.1) is 45.3 Å². The maximum Gasteiger partial charge on any atom is 0.191 e. The highest BCUT2D eigenvalue weighted by Crippen LogP contribution is 2.54. The van der Waals surface area contributed by atoms with Crippen LogP contribution in [-0.4, -0.2) is 23.0 Å². The maximum atomic E-state index is 10.1. The molecule has 4 rings (SSSR count). The molecule has 30 heavy (non-hydrogen) atoms. The van der Waals surface area contributed by atoms with Crippen LogP contribution in [0.15, 0.2) is 77.8 Å². The van der Waals surface area contributed by atoms with Crippen LogP contribution in [0.4, 0.5) is 0 Å². The van der Waals surface area contributed by atoms with Crippen molar-refractivity contribution in [3.05, 3.63) is 88.9 Å². The summed E-state index contributed by atoms with van der Waals surface area (Å²) in [7, 11) is 0. The van der Waals surface area contributed by atoms with Crippen LogP contribution < -0.4 is 5.73 Å². The van der Waals surface area contributed by atoms with Gasteiger partial charge in [0, 0.05) is 43.9 Å². The second-order valence-electron chi connectivity index (χ2n) is 7.64. The van der Waals surface area contributed by atoms with Crippen LogP contribution >= 0.6 is 0 Å². The van der Waals surface area contributed by atoms with Gasteiger partial charge in [-0.15, -0.1) is 0 Å². The highest BCUT2D eigenvalue weighted by molar-refractivity contribution is 5.59. The van der Waals surface area contributed by atoms with Crippen molar-refractivity contribution in [2.24, 2.45) is 17.1 Å². The summed E-state index contributed by atoms with van der Waals surface area (Å²) >= 11 is 0. The normalized spacial score (nSPS) is 22.8. The lowest BCUT2D eigenvalue weighted by atomic mass is 9.58. The standard InChI is InChI=1S/C24H20N6/c25-11-20-19-8-10-30(13-17-5-2-1-3-6-17)14-21(19)22(18-7-4-9-29-12-18)24(15-26,16-27)23(20)28/h1-9,12,21-22H,10,13-14,28H2/t21-,22+/m0/s1. The van der Waals surface area contributed by atoms with Gasteiger partial charge in [0.05, 0.1) is 23.4 Å². The number of pyridine rings is 1. The van der Waals surface area contributed by atoms with Gasteiger partial charge in [-0.2, -0.15) is 15.8 Å². The van der Waals surface area contributed by atoms with E-state index in [1.807, 2.05) is 30.3 Å². The van der Waals surface area contributed by atoms with E-state index in [0.29, 0.717) is 13.1 Å². The number of rotatable bonds is 3. The first-order chi connectivity index (χ1) is 14.6. The molecule has 0 saturated heterocycles. The number of hydrogen-bond acceptors (Lipinski definition) is 6. The van der Waals surface area contributed by atoms with Gasteiger partial charge in [-0.3, -0.25) is 9.88 Å². The molecule has 2 atom stereocenters. The van der Waals surface area contributed by atoms with E-state index >= 15 is 0 Å². The fourth-order valence-electron chi connectivity index (χ4n) is 4.65. The molecule has 2 N–H and O–H groups in total. The minimum Gasteiger partial charge on any atom is -0.399 e. The van der Waals surface area contributed by atoms with Crippen molar-refractivity contribution in [2.45, 2.75) is 12.5 Å². The van der Waals surface area contributed by atoms with E-state index in [2.05, 4.69) is 40.2 Å². The summed E-state index contributed by atoms with van der Waals surface area (Å²) in [5.41, 5.74) is 7.80. The van der Waals surface area contributed by atoms with E-state index in [0.717, 1.165) is 17.7 Å². The second-order valence-corrected chi connectivity index (χ2v) is 7.64. The lowest BCUT2D eigenvalue weighted by Crippen LogP contribution is -2.47. The summed E-state index contributed by atoms with van der Waals surface area (Å²) in [5, 5.41) is 30.0. The van der Waals surface area contributed by atoms with Gasteiger partial charge in [0.25, 0.3) is 0 Å². The van der Waals surface area contributed by atoms with Crippen LogP contribution in [0.5, 0.6) is 0 Å². The van der Waals surface area contributed by atoms with E-state index in [-0.39, 0.29) is 17.2 Å². The molecule has 1 aromatic carbocycles. The molecule has 0 fully saturated rings. The lowest BCUT2D eigenvalue weighted by molar-refractivity contribution is 0.201. The molecular weight excluding hydrogens is 372 g/mol. The third-order valence-corrected chi connectivity index (χ3v) is 6.03. The molecule has 2 aromatic rings. The van der Waals surface area contributed by atoms with Crippen molar-refractivity contribution in [3.8, 4) is 18.2 Å². The Balaban J connectivity index is 1.83. The number of nitriles is 3. The fraction of sp³-hybridized carbons (Fsp3) is 0.250. The third-order valence-electron chi connectivity index (χ3n) is 6.03. The van der Waals surface area contributed by atoms with Gasteiger partial charge in [0.15, 0.2) is 5.41 Å². The van der Waals surface area contributed by atoms with E-state index in [4.69, 9.17) is 5.73 Å². The summed E-state index contributed by atoms with van der Waals surface area (Å²) in [5.74, 6) is -0.726. The first kappa shape index (κ1) is 19.4. The van der Waals surface area contributed by atoms with E-state index in [1.165, 1.54) is 5.56 Å². The van der Waals surface area contributed by atoms with Gasteiger partial charge in [0.1, 0.15) is 6.07 Å². The number of nitrogens with two attached hydrogens (primary N) is 1. The molecule has 0 spiro atoms. The number of hydrogen-bond donors (Lipinski definition) is 1. The Bertz CT molecular complexity index is 1110. The van der Waals surface area contributed by atoms with Crippen LogP contribution in [0.1, 0.15) is 17.0 Å². The smallest absolute Gasteiger partial charge is 0.191 e. The topological polar surface area (TPSA) is 114 Å². The molecule has 0 unspecified atom stereocenters. The van der Waals surface area contributed by atoms with Crippen molar-refractivity contribution in [1.82, 2.24) is 9.88 Å². The van der Waals surface area contributed by atoms with Crippen LogP contribution in [-0.2, 0) is 6.54 Å². The highest BCUT2D eigenvalue weighted by atomic mass is 15.1. The Morgan fingerprint density at radius 3 is 2.50 bits per heavy atom. The number of aromatic nitrogens is 1. The zero-order valence-corrected chi connectivity index (χ0v) is 16.4. The summed E-state index contributed by atoms with van der Waals surface area (Å²) in [4.78, 5) is 6.48. The van der Waals surface area contributed by atoms with E-state index in [9.17, 15) is 15.8 Å². The van der Waals surface area contributed by atoms with Gasteiger partial charge >= 0.3 is 0 Å². The predicted octanol–water partition coefficient (Wildman–Crippen LogP) is 3.01. The Hall–Kier alpha value is -3.92. The minimum absolute atomic E-state index is 0.0443. The molecule has 1 aromatic heterocycles. The molecule has 0 bridgehead atoms. The molecule has 0 radical (unpaired) electrons. The Morgan fingerprint density at radius 2 is 1.87 bits per heavy atom. The van der Waals surface area contributed by atoms with Gasteiger partial charge in [-0.1, -0.05) is 42.5 Å². The fourth-order valence-corrected chi connectivity index (χ4v) is 4.65. The van der Waals surface area contributed by atoms with E-state index in [1.54, 1.807) is 18.5 Å². The zero-order chi connectivity index (χ0) is 21.1.